The summed E-state index contributed by atoms with van der Waals surface area (Å²) in [5.74, 6) is -1.17. The highest BCUT2D eigenvalue weighted by atomic mass is 16.6. The van der Waals surface area contributed by atoms with Crippen LogP contribution in [0.4, 0.5) is 4.79 Å². The first-order chi connectivity index (χ1) is 13.5. The predicted octanol–water partition coefficient (Wildman–Crippen LogP) is 2.19. The molecule has 0 aliphatic carbocycles. The lowest BCUT2D eigenvalue weighted by Crippen LogP contribution is -2.48. The van der Waals surface area contributed by atoms with Gasteiger partial charge in [0, 0.05) is 19.4 Å². The molecule has 2 amide bonds. The molecule has 1 aliphatic rings. The largest absolute Gasteiger partial charge is 0.465 e. The van der Waals surface area contributed by atoms with E-state index in [1.54, 1.807) is 37.3 Å². The lowest BCUT2D eigenvalue weighted by molar-refractivity contribution is -0.140. The highest BCUT2D eigenvalue weighted by Gasteiger charge is 2.37. The van der Waals surface area contributed by atoms with E-state index in [0.29, 0.717) is 11.3 Å². The Balaban J connectivity index is 2.55. The van der Waals surface area contributed by atoms with Crippen molar-refractivity contribution in [3.05, 3.63) is 59.3 Å². The van der Waals surface area contributed by atoms with E-state index in [4.69, 9.17) is 14.2 Å². The van der Waals surface area contributed by atoms with Gasteiger partial charge in [0.05, 0.1) is 30.9 Å². The minimum absolute atomic E-state index is 0.0624. The topological polar surface area (TPSA) is 94.2 Å². The number of hydrogen-bond donors (Lipinski definition) is 1. The predicted molar refractivity (Wildman–Crippen MR) is 101 cm³/mol. The van der Waals surface area contributed by atoms with Crippen molar-refractivity contribution < 1.29 is 28.6 Å². The molecular weight excluding hydrogens is 364 g/mol. The second-order valence-electron chi connectivity index (χ2n) is 5.99. The molecule has 0 radical (unpaired) electrons. The smallest absolute Gasteiger partial charge is 0.338 e. The molecule has 1 N–H and O–H groups in total. The first-order valence-electron chi connectivity index (χ1n) is 8.69. The second-order valence-corrected chi connectivity index (χ2v) is 5.99. The van der Waals surface area contributed by atoms with Crippen LogP contribution >= 0.6 is 0 Å². The van der Waals surface area contributed by atoms with Crippen LogP contribution in [0.25, 0.3) is 0 Å². The van der Waals surface area contributed by atoms with E-state index in [-0.39, 0.29) is 30.9 Å². The number of esters is 2. The summed E-state index contributed by atoms with van der Waals surface area (Å²) >= 11 is 0. The second kappa shape index (κ2) is 9.70. The van der Waals surface area contributed by atoms with Gasteiger partial charge in [0.25, 0.3) is 0 Å². The van der Waals surface area contributed by atoms with Gasteiger partial charge in [0.2, 0.25) is 0 Å². The van der Waals surface area contributed by atoms with Crippen molar-refractivity contribution in [3.8, 4) is 0 Å². The number of carbonyl (C=O) groups is 3. The molecule has 2 rings (SSSR count). The van der Waals surface area contributed by atoms with Crippen LogP contribution in [0.5, 0.6) is 0 Å². The van der Waals surface area contributed by atoms with Crippen LogP contribution in [0.3, 0.4) is 0 Å². The summed E-state index contributed by atoms with van der Waals surface area (Å²) in [6.45, 7) is 5.82. The number of ether oxygens (including phenoxy) is 3. The Labute approximate surface area is 163 Å². The van der Waals surface area contributed by atoms with Gasteiger partial charge < -0.3 is 19.5 Å². The molecule has 1 aliphatic heterocycles. The zero-order chi connectivity index (χ0) is 20.7. The molecule has 1 aromatic carbocycles. The Morgan fingerprint density at radius 3 is 2.57 bits per heavy atom. The van der Waals surface area contributed by atoms with Crippen LogP contribution in [0.15, 0.2) is 48.2 Å². The van der Waals surface area contributed by atoms with Crippen molar-refractivity contribution in [3.63, 3.8) is 0 Å². The number of methoxy groups -OCH3 is 2. The molecular formula is C20H24N2O6. The SMILES string of the molecule is C=CCN1C(=O)NC(c2ccccc2C(=O)OC)C(C(=O)OCCOC)=C1C. The standard InChI is InChI=1S/C20H24N2O6/c1-5-10-22-13(2)16(19(24)28-12-11-26-3)17(21-20(22)25)14-8-6-7-9-15(14)18(23)27-4/h5-9,17H,1,10-12H2,2-4H3,(H,21,25). The number of rotatable bonds is 8. The van der Waals surface area contributed by atoms with E-state index in [9.17, 15) is 14.4 Å². The van der Waals surface area contributed by atoms with Crippen molar-refractivity contribution in [2.75, 3.05) is 34.0 Å². The van der Waals surface area contributed by atoms with Crippen LogP contribution in [0.2, 0.25) is 0 Å². The maximum Gasteiger partial charge on any atom is 0.338 e. The number of allylic oxidation sites excluding steroid dienone is 1. The Bertz CT molecular complexity index is 802. The molecule has 28 heavy (non-hydrogen) atoms. The summed E-state index contributed by atoms with van der Waals surface area (Å²) < 4.78 is 15.0. The van der Waals surface area contributed by atoms with Crippen molar-refractivity contribution >= 4 is 18.0 Å². The minimum Gasteiger partial charge on any atom is -0.465 e. The summed E-state index contributed by atoms with van der Waals surface area (Å²) in [7, 11) is 2.77. The van der Waals surface area contributed by atoms with Gasteiger partial charge in [-0.1, -0.05) is 24.3 Å². The molecule has 0 aromatic heterocycles. The van der Waals surface area contributed by atoms with E-state index in [1.807, 2.05) is 0 Å². The summed E-state index contributed by atoms with van der Waals surface area (Å²) in [5, 5.41) is 2.78. The first-order valence-corrected chi connectivity index (χ1v) is 8.69. The Morgan fingerprint density at radius 1 is 1.21 bits per heavy atom. The third kappa shape index (κ3) is 4.40. The number of hydrogen-bond acceptors (Lipinski definition) is 6. The van der Waals surface area contributed by atoms with Crippen molar-refractivity contribution in [1.29, 1.82) is 0 Å². The lowest BCUT2D eigenvalue weighted by Gasteiger charge is -2.35. The van der Waals surface area contributed by atoms with Gasteiger partial charge in [-0.3, -0.25) is 4.90 Å². The Kier molecular flexibility index (Phi) is 7.34. The number of nitrogens with zero attached hydrogens (tertiary/aromatic N) is 1. The van der Waals surface area contributed by atoms with E-state index in [1.165, 1.54) is 19.1 Å². The quantitative estimate of drug-likeness (QED) is 0.417. The Morgan fingerprint density at radius 2 is 1.93 bits per heavy atom. The van der Waals surface area contributed by atoms with E-state index < -0.39 is 24.0 Å². The minimum atomic E-state index is -0.862. The number of urea groups is 1. The molecule has 1 atom stereocenters. The van der Waals surface area contributed by atoms with Crippen LogP contribution in [-0.2, 0) is 19.0 Å². The fourth-order valence-electron chi connectivity index (χ4n) is 2.97. The summed E-state index contributed by atoms with van der Waals surface area (Å²) in [6.07, 6.45) is 1.56. The van der Waals surface area contributed by atoms with Gasteiger partial charge in [-0.2, -0.15) is 0 Å². The third-order valence-electron chi connectivity index (χ3n) is 4.33. The van der Waals surface area contributed by atoms with E-state index >= 15 is 0 Å². The summed E-state index contributed by atoms with van der Waals surface area (Å²) in [4.78, 5) is 39.0. The summed E-state index contributed by atoms with van der Waals surface area (Å²) in [6, 6.07) is 5.36. The maximum absolute atomic E-state index is 12.8. The number of benzene rings is 1. The van der Waals surface area contributed by atoms with Gasteiger partial charge in [-0.15, -0.1) is 6.58 Å². The van der Waals surface area contributed by atoms with Crippen LogP contribution in [-0.4, -0.2) is 56.8 Å². The van der Waals surface area contributed by atoms with Crippen molar-refractivity contribution in [2.45, 2.75) is 13.0 Å². The number of carbonyl (C=O) groups excluding carboxylic acids is 3. The van der Waals surface area contributed by atoms with Crippen LogP contribution in [0.1, 0.15) is 28.9 Å². The van der Waals surface area contributed by atoms with E-state index in [2.05, 4.69) is 11.9 Å². The highest BCUT2D eigenvalue weighted by Crippen LogP contribution is 2.33. The van der Waals surface area contributed by atoms with Crippen molar-refractivity contribution in [2.24, 2.45) is 0 Å². The van der Waals surface area contributed by atoms with Gasteiger partial charge in [0.1, 0.15) is 6.61 Å². The molecule has 0 fully saturated rings. The zero-order valence-corrected chi connectivity index (χ0v) is 16.2. The molecule has 0 spiro atoms. The number of nitrogens with one attached hydrogen (secondary N) is 1. The molecule has 0 bridgehead atoms. The van der Waals surface area contributed by atoms with Crippen LogP contribution < -0.4 is 5.32 Å². The van der Waals surface area contributed by atoms with Gasteiger partial charge in [-0.25, -0.2) is 14.4 Å². The molecule has 0 saturated heterocycles. The number of amides is 2. The molecule has 1 unspecified atom stereocenters. The third-order valence-corrected chi connectivity index (χ3v) is 4.33. The average Bonchev–Trinajstić information content (AvgIpc) is 2.70. The average molecular weight is 388 g/mol. The van der Waals surface area contributed by atoms with Gasteiger partial charge in [0.15, 0.2) is 0 Å². The first kappa shape index (κ1) is 21.2. The Hall–Kier alpha value is -3.13. The van der Waals surface area contributed by atoms with Crippen molar-refractivity contribution in [1.82, 2.24) is 10.2 Å². The molecule has 1 aromatic rings. The molecule has 0 saturated carbocycles. The van der Waals surface area contributed by atoms with Gasteiger partial charge >= 0.3 is 18.0 Å². The fourth-order valence-corrected chi connectivity index (χ4v) is 2.97. The molecule has 8 nitrogen and oxygen atoms in total. The molecule has 8 heteroatoms. The van der Waals surface area contributed by atoms with Gasteiger partial charge in [-0.05, 0) is 18.6 Å². The monoisotopic (exact) mass is 388 g/mol. The highest BCUT2D eigenvalue weighted by molar-refractivity contribution is 5.97. The zero-order valence-electron chi connectivity index (χ0n) is 16.2. The summed E-state index contributed by atoms with van der Waals surface area (Å²) in [5.41, 5.74) is 1.35. The fraction of sp³-hybridized carbons (Fsp3) is 0.350. The molecule has 1 heterocycles. The van der Waals surface area contributed by atoms with E-state index in [0.717, 1.165) is 0 Å². The van der Waals surface area contributed by atoms with Crippen LogP contribution in [0, 0.1) is 0 Å². The molecule has 150 valence electrons. The normalized spacial score (nSPS) is 16.5. The maximum atomic E-state index is 12.8. The lowest BCUT2D eigenvalue weighted by atomic mass is 9.91.